The summed E-state index contributed by atoms with van der Waals surface area (Å²) in [4.78, 5) is 19.7. The van der Waals surface area contributed by atoms with Crippen LogP contribution >= 0.6 is 0 Å². The van der Waals surface area contributed by atoms with Crippen molar-refractivity contribution in [2.75, 3.05) is 6.54 Å². The Kier molecular flexibility index (Phi) is 5.42. The number of alkyl halides is 2. The van der Waals surface area contributed by atoms with Gasteiger partial charge in [-0.3, -0.25) is 9.78 Å². The molecule has 6 nitrogen and oxygen atoms in total. The van der Waals surface area contributed by atoms with E-state index in [9.17, 15) is 13.6 Å². The minimum absolute atomic E-state index is 0.139. The number of aromatic nitrogens is 1. The Morgan fingerprint density at radius 3 is 2.57 bits per heavy atom. The number of aryl methyl sites for hydroxylation is 1. The number of nitrogens with one attached hydrogen (secondary N) is 1. The first-order chi connectivity index (χ1) is 13.3. The van der Waals surface area contributed by atoms with Gasteiger partial charge in [-0.2, -0.15) is 0 Å². The van der Waals surface area contributed by atoms with Gasteiger partial charge in [-0.05, 0) is 42.6 Å². The summed E-state index contributed by atoms with van der Waals surface area (Å²) >= 11 is 0. The summed E-state index contributed by atoms with van der Waals surface area (Å²) < 4.78 is 25.7. The molecule has 0 saturated heterocycles. The number of carbonyl (C=O) groups is 1. The lowest BCUT2D eigenvalue weighted by Crippen LogP contribution is -2.48. The summed E-state index contributed by atoms with van der Waals surface area (Å²) in [6.07, 6.45) is -1.13. The third-order valence-electron chi connectivity index (χ3n) is 4.89. The van der Waals surface area contributed by atoms with E-state index in [-0.39, 0.29) is 18.0 Å². The Morgan fingerprint density at radius 1 is 1.29 bits per heavy atom. The van der Waals surface area contributed by atoms with Crippen molar-refractivity contribution in [2.24, 2.45) is 5.11 Å². The maximum atomic E-state index is 12.9. The van der Waals surface area contributed by atoms with Crippen LogP contribution in [0.5, 0.6) is 0 Å². The molecule has 0 bridgehead atoms. The highest BCUT2D eigenvalue weighted by molar-refractivity contribution is 6.03. The molecule has 0 saturated carbocycles. The van der Waals surface area contributed by atoms with Gasteiger partial charge in [0.05, 0.1) is 17.8 Å². The van der Waals surface area contributed by atoms with Crippen molar-refractivity contribution in [3.05, 3.63) is 81.0 Å². The molecule has 0 spiro atoms. The van der Waals surface area contributed by atoms with E-state index in [1.807, 2.05) is 38.1 Å². The summed E-state index contributed by atoms with van der Waals surface area (Å²) in [6, 6.07) is 10.6. The fraction of sp³-hybridized carbons (Fsp3) is 0.300. The molecule has 1 aromatic carbocycles. The summed E-state index contributed by atoms with van der Waals surface area (Å²) in [6.45, 7) is 3.73. The quantitative estimate of drug-likeness (QED) is 0.455. The number of hydrogen-bond acceptors (Lipinski definition) is 3. The average molecular weight is 383 g/mol. The number of benzene rings is 1. The first-order valence-electron chi connectivity index (χ1n) is 8.71. The second kappa shape index (κ2) is 7.78. The Bertz CT molecular complexity index is 963. The normalized spacial score (nSPS) is 19.4. The van der Waals surface area contributed by atoms with Gasteiger partial charge in [0, 0.05) is 28.7 Å². The molecule has 3 rings (SSSR count). The Balaban J connectivity index is 2.07. The highest BCUT2D eigenvalue weighted by Gasteiger charge is 2.37. The minimum atomic E-state index is -2.62. The Hall–Kier alpha value is -3.25. The van der Waals surface area contributed by atoms with Gasteiger partial charge < -0.3 is 5.32 Å². The molecular formula is C20H19F2N5O. The maximum Gasteiger partial charge on any atom is 0.265 e. The summed E-state index contributed by atoms with van der Waals surface area (Å²) in [7, 11) is 0. The van der Waals surface area contributed by atoms with Gasteiger partial charge >= 0.3 is 0 Å². The van der Waals surface area contributed by atoms with Crippen LogP contribution in [0.25, 0.3) is 16.0 Å². The van der Waals surface area contributed by atoms with Crippen LogP contribution in [0.1, 0.15) is 42.2 Å². The van der Waals surface area contributed by atoms with Crippen LogP contribution in [0.15, 0.2) is 53.3 Å². The molecule has 2 aromatic rings. The van der Waals surface area contributed by atoms with Gasteiger partial charge in [0.2, 0.25) is 5.91 Å². The number of azide groups is 1. The number of hydrogen-bond donors (Lipinski definition) is 1. The highest BCUT2D eigenvalue weighted by Crippen LogP contribution is 2.38. The molecule has 2 heterocycles. The van der Waals surface area contributed by atoms with Crippen LogP contribution < -0.4 is 5.32 Å². The second-order valence-corrected chi connectivity index (χ2v) is 6.95. The number of halogens is 2. The molecule has 0 fully saturated rings. The van der Waals surface area contributed by atoms with E-state index in [1.165, 1.54) is 12.1 Å². The molecule has 1 aliphatic heterocycles. The lowest BCUT2D eigenvalue weighted by Gasteiger charge is -2.37. The van der Waals surface area contributed by atoms with Crippen LogP contribution in [0.4, 0.5) is 8.78 Å². The summed E-state index contributed by atoms with van der Waals surface area (Å²) in [5, 5.41) is 6.50. The molecule has 0 aliphatic carbocycles. The first-order valence-corrected chi connectivity index (χ1v) is 8.71. The molecule has 8 heteroatoms. The van der Waals surface area contributed by atoms with Gasteiger partial charge in [0.15, 0.2) is 0 Å². The summed E-state index contributed by atoms with van der Waals surface area (Å²) in [5.74, 6) is -0.364. The fourth-order valence-electron chi connectivity index (χ4n) is 3.29. The molecule has 28 heavy (non-hydrogen) atoms. The van der Waals surface area contributed by atoms with Crippen molar-refractivity contribution in [1.82, 2.24) is 10.3 Å². The minimum Gasteiger partial charge on any atom is -0.343 e. The molecule has 1 atom stereocenters. The van der Waals surface area contributed by atoms with Gasteiger partial charge in [0.25, 0.3) is 6.43 Å². The molecule has 1 amide bonds. The molecule has 1 N–H and O–H groups in total. The lowest BCUT2D eigenvalue weighted by atomic mass is 9.79. The SMILES string of the molecule is Cc1ccc(C2(C)CC(c3ccc(C(F)F)cn3)=C(CN=[N+]=[N-])C(=O)N2)cc1. The molecule has 1 unspecified atom stereocenters. The number of rotatable bonds is 5. The van der Waals surface area contributed by atoms with Crippen molar-refractivity contribution in [3.63, 3.8) is 0 Å². The van der Waals surface area contributed by atoms with Crippen molar-refractivity contribution in [2.45, 2.75) is 32.2 Å². The largest absolute Gasteiger partial charge is 0.343 e. The van der Waals surface area contributed by atoms with Crippen molar-refractivity contribution in [1.29, 1.82) is 0 Å². The Labute approximate surface area is 160 Å². The van der Waals surface area contributed by atoms with E-state index >= 15 is 0 Å². The molecular weight excluding hydrogens is 364 g/mol. The zero-order chi connectivity index (χ0) is 20.3. The Morgan fingerprint density at radius 2 is 2.00 bits per heavy atom. The summed E-state index contributed by atoms with van der Waals surface area (Å²) in [5.41, 5.74) is 11.1. The van der Waals surface area contributed by atoms with Crippen molar-refractivity contribution in [3.8, 4) is 0 Å². The third kappa shape index (κ3) is 3.87. The zero-order valence-corrected chi connectivity index (χ0v) is 15.5. The van der Waals surface area contributed by atoms with Crippen LogP contribution in [0, 0.1) is 6.92 Å². The fourth-order valence-corrected chi connectivity index (χ4v) is 3.29. The van der Waals surface area contributed by atoms with Gasteiger partial charge in [-0.1, -0.05) is 34.9 Å². The molecule has 1 aromatic heterocycles. The van der Waals surface area contributed by atoms with Crippen LogP contribution in [0.3, 0.4) is 0 Å². The van der Waals surface area contributed by atoms with E-state index in [2.05, 4.69) is 20.3 Å². The van der Waals surface area contributed by atoms with E-state index in [0.29, 0.717) is 23.3 Å². The number of pyridine rings is 1. The van der Waals surface area contributed by atoms with Gasteiger partial charge in [-0.25, -0.2) is 8.78 Å². The predicted molar refractivity (Wildman–Crippen MR) is 101 cm³/mol. The molecule has 144 valence electrons. The van der Waals surface area contributed by atoms with E-state index in [1.54, 1.807) is 0 Å². The molecule has 1 aliphatic rings. The van der Waals surface area contributed by atoms with E-state index in [0.717, 1.165) is 17.3 Å². The van der Waals surface area contributed by atoms with Gasteiger partial charge in [-0.15, -0.1) is 0 Å². The van der Waals surface area contributed by atoms with Crippen molar-refractivity contribution < 1.29 is 13.6 Å². The highest BCUT2D eigenvalue weighted by atomic mass is 19.3. The third-order valence-corrected chi connectivity index (χ3v) is 4.89. The predicted octanol–water partition coefficient (Wildman–Crippen LogP) is 4.83. The monoisotopic (exact) mass is 383 g/mol. The van der Waals surface area contributed by atoms with Crippen LogP contribution in [-0.2, 0) is 10.3 Å². The zero-order valence-electron chi connectivity index (χ0n) is 15.5. The standard InChI is InChI=1S/C20H19F2N5O/c1-12-3-6-14(7-4-12)20(2)9-15(16(11-25-27-23)19(28)26-20)17-8-5-13(10-24-17)18(21)22/h3-8,10,18H,9,11H2,1-2H3,(H,26,28). The lowest BCUT2D eigenvalue weighted by molar-refractivity contribution is -0.119. The molecule has 0 radical (unpaired) electrons. The topological polar surface area (TPSA) is 90.8 Å². The number of nitrogens with zero attached hydrogens (tertiary/aromatic N) is 4. The average Bonchev–Trinajstić information content (AvgIpc) is 2.67. The second-order valence-electron chi connectivity index (χ2n) is 6.95. The van der Waals surface area contributed by atoms with Gasteiger partial charge in [0.1, 0.15) is 0 Å². The van der Waals surface area contributed by atoms with Crippen LogP contribution in [0.2, 0.25) is 0 Å². The maximum absolute atomic E-state index is 12.9. The number of amides is 1. The first kappa shape index (κ1) is 19.5. The van der Waals surface area contributed by atoms with E-state index < -0.39 is 12.0 Å². The van der Waals surface area contributed by atoms with E-state index in [4.69, 9.17) is 5.53 Å². The van der Waals surface area contributed by atoms with Crippen LogP contribution in [-0.4, -0.2) is 17.4 Å². The number of carbonyl (C=O) groups excluding carboxylic acids is 1. The van der Waals surface area contributed by atoms with Crippen molar-refractivity contribution >= 4 is 11.5 Å². The smallest absolute Gasteiger partial charge is 0.265 e.